The molecule has 204 valence electrons. The molecule has 0 amide bonds. The third-order valence-electron chi connectivity index (χ3n) is 4.60. The largest absolute Gasteiger partial charge is 0.396 e. The van der Waals surface area contributed by atoms with Crippen molar-refractivity contribution in [2.45, 2.75) is 23.3 Å². The highest BCUT2D eigenvalue weighted by molar-refractivity contribution is 7.88. The van der Waals surface area contributed by atoms with E-state index in [1.54, 1.807) is 25.6 Å². The number of aromatic nitrogens is 3. The van der Waals surface area contributed by atoms with Crippen LogP contribution in [-0.2, 0) is 10.8 Å². The fraction of sp³-hybridized carbons (Fsp3) is 0.129. The summed E-state index contributed by atoms with van der Waals surface area (Å²) in [7, 11) is 0.445. The van der Waals surface area contributed by atoms with Crippen LogP contribution in [0.15, 0.2) is 116 Å². The Morgan fingerprint density at radius 3 is 2.46 bits per heavy atom. The molecule has 4 rings (SSSR count). The summed E-state index contributed by atoms with van der Waals surface area (Å²) >= 11 is 2.94. The van der Waals surface area contributed by atoms with Crippen LogP contribution in [0.4, 0.5) is 5.69 Å². The lowest BCUT2D eigenvalue weighted by atomic mass is 10.0. The highest BCUT2D eigenvalue weighted by atomic mass is 32.2. The number of nitrogens with zero attached hydrogens (tertiary/aromatic N) is 5. The van der Waals surface area contributed by atoms with Crippen molar-refractivity contribution in [2.24, 2.45) is 9.98 Å². The summed E-state index contributed by atoms with van der Waals surface area (Å²) in [6.45, 7) is 13.5. The van der Waals surface area contributed by atoms with E-state index in [4.69, 9.17) is 10.7 Å². The molecule has 0 bridgehead atoms. The Morgan fingerprint density at radius 2 is 1.90 bits per heavy atom. The molecule has 4 aromatic heterocycles. The Morgan fingerprint density at radius 1 is 1.15 bits per heavy atom. The molecule has 41 heavy (non-hydrogen) atoms. The van der Waals surface area contributed by atoms with Crippen LogP contribution >= 0.6 is 22.7 Å². The van der Waals surface area contributed by atoms with Gasteiger partial charge in [-0.1, -0.05) is 31.4 Å². The van der Waals surface area contributed by atoms with Gasteiger partial charge >= 0.3 is 0 Å². The monoisotopic (exact) mass is 594 g/mol. The van der Waals surface area contributed by atoms with Crippen LogP contribution in [0.3, 0.4) is 0 Å². The van der Waals surface area contributed by atoms with E-state index in [1.165, 1.54) is 28.9 Å². The van der Waals surface area contributed by atoms with Gasteiger partial charge in [0, 0.05) is 58.8 Å². The molecule has 4 heterocycles. The number of anilines is 1. The second kappa shape index (κ2) is 17.7. The van der Waals surface area contributed by atoms with Gasteiger partial charge in [-0.15, -0.1) is 22.7 Å². The molecule has 0 aliphatic heterocycles. The molecular formula is C31H26N6OS3. The molecule has 0 aliphatic carbocycles. The SMILES string of the molecule is C=C=C=C=C=C=C.C=NC=C=C=C=NC.CC(C)S(=O)c1sc2nc(-c3nccs3)cc(-c3cccnc3)c2c1N. The van der Waals surface area contributed by atoms with Crippen molar-refractivity contribution >= 4 is 62.0 Å². The van der Waals surface area contributed by atoms with Crippen molar-refractivity contribution in [3.8, 4) is 21.8 Å². The molecule has 4 aromatic rings. The van der Waals surface area contributed by atoms with Crippen LogP contribution in [-0.4, -0.2) is 44.0 Å². The van der Waals surface area contributed by atoms with Crippen LogP contribution in [0.1, 0.15) is 13.8 Å². The third kappa shape index (κ3) is 9.69. The topological polar surface area (TPSA) is 106 Å². The summed E-state index contributed by atoms with van der Waals surface area (Å²) in [5.74, 6) is 2.43. The maximum absolute atomic E-state index is 12.7. The van der Waals surface area contributed by atoms with E-state index >= 15 is 0 Å². The first-order chi connectivity index (χ1) is 19.9. The Hall–Kier alpha value is -4.84. The molecule has 0 saturated carbocycles. The van der Waals surface area contributed by atoms with Gasteiger partial charge in [-0.25, -0.2) is 15.0 Å². The molecule has 1 unspecified atom stereocenters. The molecule has 0 radical (unpaired) electrons. The lowest BCUT2D eigenvalue weighted by molar-refractivity contribution is 0.678. The molecule has 2 N–H and O–H groups in total. The van der Waals surface area contributed by atoms with Crippen LogP contribution < -0.4 is 5.73 Å². The molecule has 7 nitrogen and oxygen atoms in total. The number of nitrogens with two attached hydrogens (primary N) is 1. The smallest absolute Gasteiger partial charge is 0.141 e. The van der Waals surface area contributed by atoms with Crippen LogP contribution in [0, 0.1) is 0 Å². The first-order valence-electron chi connectivity index (χ1n) is 11.7. The van der Waals surface area contributed by atoms with Crippen molar-refractivity contribution in [1.29, 1.82) is 0 Å². The van der Waals surface area contributed by atoms with Gasteiger partial charge in [-0.05, 0) is 60.5 Å². The number of fused-ring (bicyclic) bond motifs is 1. The maximum Gasteiger partial charge on any atom is 0.141 e. The van der Waals surface area contributed by atoms with Gasteiger partial charge in [0.1, 0.15) is 19.7 Å². The van der Waals surface area contributed by atoms with Gasteiger partial charge in [0.15, 0.2) is 0 Å². The maximum atomic E-state index is 12.7. The summed E-state index contributed by atoms with van der Waals surface area (Å²) in [4.78, 5) is 21.0. The zero-order valence-electron chi connectivity index (χ0n) is 22.8. The standard InChI is InChI=1S/C18H16N4OS3.C7H4.C6H6N2/c1-10(2)26(23)18-15(19)14-12(11-4-3-5-20-9-11)8-13(22-17(14)25-18)16-21-6-7-24-16;1-3-5-7-6-4-2;1-7-5-3-4-6-8-2/h3-10H,19H2,1-2H3;1-2H2;5H,1H2,2H3. The van der Waals surface area contributed by atoms with Gasteiger partial charge in [0.05, 0.1) is 22.7 Å². The molecule has 0 spiro atoms. The minimum atomic E-state index is -1.16. The van der Waals surface area contributed by atoms with Gasteiger partial charge in [0.2, 0.25) is 0 Å². The second-order valence-corrected chi connectivity index (χ2v) is 11.7. The normalized spacial score (nSPS) is 9.66. The van der Waals surface area contributed by atoms with Crippen LogP contribution in [0.5, 0.6) is 0 Å². The Balaban J connectivity index is 0.000000325. The van der Waals surface area contributed by atoms with E-state index in [-0.39, 0.29) is 5.25 Å². The fourth-order valence-corrected chi connectivity index (χ4v) is 6.30. The molecule has 10 heteroatoms. The zero-order valence-corrected chi connectivity index (χ0v) is 25.2. The highest BCUT2D eigenvalue weighted by Crippen LogP contribution is 2.43. The van der Waals surface area contributed by atoms with E-state index in [9.17, 15) is 4.21 Å². The summed E-state index contributed by atoms with van der Waals surface area (Å²) < 4.78 is 13.4. The number of pyridine rings is 2. The quantitative estimate of drug-likeness (QED) is 0.198. The highest BCUT2D eigenvalue weighted by Gasteiger charge is 2.22. The number of aliphatic imine (C=N–C) groups is 2. The summed E-state index contributed by atoms with van der Waals surface area (Å²) in [5, 5.41) is 3.60. The van der Waals surface area contributed by atoms with Crippen molar-refractivity contribution in [3.63, 3.8) is 0 Å². The van der Waals surface area contributed by atoms with Gasteiger partial charge in [0.25, 0.3) is 0 Å². The van der Waals surface area contributed by atoms with E-state index in [1.807, 2.05) is 37.4 Å². The van der Waals surface area contributed by atoms with Crippen LogP contribution in [0.2, 0.25) is 0 Å². The summed E-state index contributed by atoms with van der Waals surface area (Å²) in [6.07, 6.45) is 6.69. The summed E-state index contributed by atoms with van der Waals surface area (Å²) in [5.41, 5.74) is 26.7. The van der Waals surface area contributed by atoms with E-state index in [2.05, 4.69) is 85.8 Å². The van der Waals surface area contributed by atoms with E-state index in [0.29, 0.717) is 9.90 Å². The van der Waals surface area contributed by atoms with Crippen molar-refractivity contribution in [3.05, 3.63) is 102 Å². The number of thiazole rings is 1. The minimum Gasteiger partial charge on any atom is -0.396 e. The lowest BCUT2D eigenvalue weighted by Crippen LogP contribution is -2.05. The number of hydrogen-bond acceptors (Lipinski definition) is 9. The van der Waals surface area contributed by atoms with Gasteiger partial charge < -0.3 is 5.73 Å². The van der Waals surface area contributed by atoms with E-state index in [0.717, 1.165) is 32.0 Å². The molecule has 0 saturated heterocycles. The Bertz CT molecular complexity index is 1820. The molecular weight excluding hydrogens is 569 g/mol. The number of nitrogen functional groups attached to an aromatic ring is 1. The molecule has 0 fully saturated rings. The van der Waals surface area contributed by atoms with Gasteiger partial charge in [-0.3, -0.25) is 14.2 Å². The van der Waals surface area contributed by atoms with Crippen molar-refractivity contribution in [1.82, 2.24) is 15.0 Å². The zero-order chi connectivity index (χ0) is 30.0. The summed E-state index contributed by atoms with van der Waals surface area (Å²) in [6, 6.07) is 5.87. The third-order valence-corrected chi connectivity index (χ3v) is 8.47. The lowest BCUT2D eigenvalue weighted by Gasteiger charge is -2.07. The Labute approximate surface area is 249 Å². The minimum absolute atomic E-state index is 0.00867. The first-order valence-corrected chi connectivity index (χ1v) is 14.6. The van der Waals surface area contributed by atoms with Crippen molar-refractivity contribution < 1.29 is 4.21 Å². The number of rotatable bonds is 5. The average Bonchev–Trinajstić information content (AvgIpc) is 3.65. The van der Waals surface area contributed by atoms with Crippen LogP contribution in [0.25, 0.3) is 32.0 Å². The molecule has 0 aliphatic rings. The molecule has 1 atom stereocenters. The van der Waals surface area contributed by atoms with Crippen molar-refractivity contribution in [2.75, 3.05) is 12.8 Å². The number of thiophene rings is 1. The average molecular weight is 595 g/mol. The predicted molar refractivity (Wildman–Crippen MR) is 173 cm³/mol. The fourth-order valence-electron chi connectivity index (χ4n) is 2.96. The molecule has 0 aromatic carbocycles. The predicted octanol–water partition coefficient (Wildman–Crippen LogP) is 6.97. The second-order valence-electron chi connectivity index (χ2n) is 7.61. The van der Waals surface area contributed by atoms with Gasteiger partial charge in [-0.2, -0.15) is 0 Å². The van der Waals surface area contributed by atoms with E-state index < -0.39 is 10.8 Å². The first kappa shape index (κ1) is 32.4. The Kier molecular flexibility index (Phi) is 14.0. The number of hydrogen-bond donors (Lipinski definition) is 1.